The van der Waals surface area contributed by atoms with Crippen LogP contribution in [-0.2, 0) is 14.1 Å². The first-order valence-electron chi connectivity index (χ1n) is 7.65. The van der Waals surface area contributed by atoms with Crippen LogP contribution in [0.4, 0.5) is 0 Å². The van der Waals surface area contributed by atoms with Gasteiger partial charge in [-0.25, -0.2) is 4.98 Å². The van der Waals surface area contributed by atoms with Gasteiger partial charge in [-0.05, 0) is 36.3 Å². The molecule has 0 radical (unpaired) electrons. The summed E-state index contributed by atoms with van der Waals surface area (Å²) in [5.74, 6) is 6.26. The number of hydrogen-bond donors (Lipinski definition) is 0. The standard InChI is InChI=1S/C20H15N3O/c1-22-13-21-12-15(22)9-7-14-8-10-17-19(11-14)23(2)18-6-4-3-5-16(18)20(17)24/h3-6,8,10-13H,1-2H3. The van der Waals surface area contributed by atoms with Gasteiger partial charge in [0.1, 0.15) is 5.69 Å². The fraction of sp³-hybridized carbons (Fsp3) is 0.100. The van der Waals surface area contributed by atoms with Crippen LogP contribution in [0.2, 0.25) is 0 Å². The van der Waals surface area contributed by atoms with Crippen LogP contribution >= 0.6 is 0 Å². The predicted molar refractivity (Wildman–Crippen MR) is 95.9 cm³/mol. The number of aryl methyl sites for hydroxylation is 2. The van der Waals surface area contributed by atoms with Crippen molar-refractivity contribution < 1.29 is 0 Å². The maximum Gasteiger partial charge on any atom is 0.197 e. The zero-order chi connectivity index (χ0) is 16.7. The van der Waals surface area contributed by atoms with Crippen molar-refractivity contribution in [3.8, 4) is 11.8 Å². The Morgan fingerprint density at radius 1 is 0.958 bits per heavy atom. The van der Waals surface area contributed by atoms with Crippen LogP contribution in [0.1, 0.15) is 11.3 Å². The Morgan fingerprint density at radius 3 is 2.54 bits per heavy atom. The molecule has 0 spiro atoms. The van der Waals surface area contributed by atoms with Gasteiger partial charge in [-0.3, -0.25) is 4.79 Å². The highest BCUT2D eigenvalue weighted by atomic mass is 16.1. The lowest BCUT2D eigenvalue weighted by Crippen LogP contribution is -2.09. The molecule has 0 aliphatic rings. The second-order valence-corrected chi connectivity index (χ2v) is 5.78. The summed E-state index contributed by atoms with van der Waals surface area (Å²) in [5, 5.41) is 1.45. The number of rotatable bonds is 0. The van der Waals surface area contributed by atoms with E-state index in [0.717, 1.165) is 27.7 Å². The maximum absolute atomic E-state index is 12.7. The van der Waals surface area contributed by atoms with E-state index in [2.05, 4.69) is 16.8 Å². The second kappa shape index (κ2) is 5.39. The Hall–Kier alpha value is -3.32. The van der Waals surface area contributed by atoms with Gasteiger partial charge >= 0.3 is 0 Å². The Labute approximate surface area is 139 Å². The Balaban J connectivity index is 1.95. The monoisotopic (exact) mass is 313 g/mol. The third-order valence-corrected chi connectivity index (χ3v) is 4.27. The second-order valence-electron chi connectivity index (χ2n) is 5.78. The summed E-state index contributed by atoms with van der Waals surface area (Å²) >= 11 is 0. The summed E-state index contributed by atoms with van der Waals surface area (Å²) in [7, 11) is 3.88. The topological polar surface area (TPSA) is 39.8 Å². The summed E-state index contributed by atoms with van der Waals surface area (Å²) < 4.78 is 3.92. The summed E-state index contributed by atoms with van der Waals surface area (Å²) in [5.41, 5.74) is 3.59. The molecule has 0 unspecified atom stereocenters. The van der Waals surface area contributed by atoms with Crippen LogP contribution in [0, 0.1) is 11.8 Å². The van der Waals surface area contributed by atoms with Crippen molar-refractivity contribution in [2.75, 3.05) is 0 Å². The van der Waals surface area contributed by atoms with Crippen molar-refractivity contribution in [2.24, 2.45) is 14.1 Å². The summed E-state index contributed by atoms with van der Waals surface area (Å²) in [6.07, 6.45) is 3.46. The first kappa shape index (κ1) is 14.3. The van der Waals surface area contributed by atoms with E-state index < -0.39 is 0 Å². The average molecular weight is 313 g/mol. The molecule has 2 heterocycles. The van der Waals surface area contributed by atoms with Crippen LogP contribution < -0.4 is 5.43 Å². The first-order chi connectivity index (χ1) is 11.6. The minimum atomic E-state index is 0.0600. The van der Waals surface area contributed by atoms with Gasteiger partial charge in [0.25, 0.3) is 0 Å². The lowest BCUT2D eigenvalue weighted by Gasteiger charge is -2.10. The van der Waals surface area contributed by atoms with Gasteiger partial charge in [0.05, 0.1) is 23.6 Å². The molecular weight excluding hydrogens is 298 g/mol. The number of pyridine rings is 1. The number of imidazole rings is 1. The lowest BCUT2D eigenvalue weighted by atomic mass is 10.1. The van der Waals surface area contributed by atoms with Crippen molar-refractivity contribution >= 4 is 21.8 Å². The van der Waals surface area contributed by atoms with Crippen molar-refractivity contribution in [1.29, 1.82) is 0 Å². The summed E-state index contributed by atoms with van der Waals surface area (Å²) in [6, 6.07) is 13.4. The van der Waals surface area contributed by atoms with Crippen LogP contribution in [0.5, 0.6) is 0 Å². The predicted octanol–water partition coefficient (Wildman–Crippen LogP) is 2.83. The van der Waals surface area contributed by atoms with Gasteiger partial charge < -0.3 is 9.13 Å². The van der Waals surface area contributed by atoms with Gasteiger partial charge in [-0.2, -0.15) is 0 Å². The number of fused-ring (bicyclic) bond motifs is 2. The molecule has 0 aliphatic heterocycles. The highest BCUT2D eigenvalue weighted by Crippen LogP contribution is 2.18. The molecule has 4 nitrogen and oxygen atoms in total. The minimum absolute atomic E-state index is 0.0600. The van der Waals surface area contributed by atoms with Crippen molar-refractivity contribution in [2.45, 2.75) is 0 Å². The van der Waals surface area contributed by atoms with Gasteiger partial charge in [0, 0.05) is 30.4 Å². The molecule has 2 aromatic carbocycles. The van der Waals surface area contributed by atoms with E-state index in [1.165, 1.54) is 0 Å². The third kappa shape index (κ3) is 2.19. The Morgan fingerprint density at radius 2 is 1.75 bits per heavy atom. The molecule has 4 aromatic rings. The van der Waals surface area contributed by atoms with E-state index >= 15 is 0 Å². The molecular formula is C20H15N3O. The fourth-order valence-corrected chi connectivity index (χ4v) is 2.93. The van der Waals surface area contributed by atoms with Crippen LogP contribution in [0.15, 0.2) is 59.8 Å². The van der Waals surface area contributed by atoms with Crippen molar-refractivity contribution in [3.05, 3.63) is 76.5 Å². The van der Waals surface area contributed by atoms with E-state index in [4.69, 9.17) is 0 Å². The SMILES string of the molecule is Cn1cncc1C#Cc1ccc2c(=O)c3ccccc3n(C)c2c1. The molecule has 0 saturated carbocycles. The van der Waals surface area contributed by atoms with Crippen molar-refractivity contribution in [3.63, 3.8) is 0 Å². The Kier molecular flexibility index (Phi) is 3.21. The zero-order valence-electron chi connectivity index (χ0n) is 13.4. The van der Waals surface area contributed by atoms with Crippen molar-refractivity contribution in [1.82, 2.24) is 14.1 Å². The number of nitrogens with zero attached hydrogens (tertiary/aromatic N) is 3. The van der Waals surface area contributed by atoms with Gasteiger partial charge in [0.15, 0.2) is 5.43 Å². The fourth-order valence-electron chi connectivity index (χ4n) is 2.93. The smallest absolute Gasteiger partial charge is 0.197 e. The molecule has 0 atom stereocenters. The van der Waals surface area contributed by atoms with E-state index in [9.17, 15) is 4.79 Å². The van der Waals surface area contributed by atoms with Gasteiger partial charge in [0.2, 0.25) is 0 Å². The molecule has 0 saturated heterocycles. The molecule has 0 aliphatic carbocycles. The lowest BCUT2D eigenvalue weighted by molar-refractivity contribution is 0.899. The van der Waals surface area contributed by atoms with Crippen LogP contribution in [0.3, 0.4) is 0 Å². The number of aromatic nitrogens is 3. The molecule has 4 rings (SSSR count). The summed E-state index contributed by atoms with van der Waals surface area (Å²) in [6.45, 7) is 0. The number of para-hydroxylation sites is 1. The summed E-state index contributed by atoms with van der Waals surface area (Å²) in [4.78, 5) is 16.7. The zero-order valence-corrected chi connectivity index (χ0v) is 13.4. The van der Waals surface area contributed by atoms with Gasteiger partial charge in [-0.15, -0.1) is 0 Å². The third-order valence-electron chi connectivity index (χ3n) is 4.27. The molecule has 0 fully saturated rings. The van der Waals surface area contributed by atoms with Gasteiger partial charge in [-0.1, -0.05) is 18.1 Å². The average Bonchev–Trinajstić information content (AvgIpc) is 3.03. The molecule has 4 heteroatoms. The highest BCUT2D eigenvalue weighted by Gasteiger charge is 2.08. The molecule has 0 N–H and O–H groups in total. The molecule has 116 valence electrons. The molecule has 0 bridgehead atoms. The normalized spacial score (nSPS) is 10.8. The number of benzene rings is 2. The minimum Gasteiger partial charge on any atom is -0.343 e. The van der Waals surface area contributed by atoms with E-state index in [0.29, 0.717) is 5.39 Å². The maximum atomic E-state index is 12.7. The molecule has 24 heavy (non-hydrogen) atoms. The first-order valence-corrected chi connectivity index (χ1v) is 7.65. The van der Waals surface area contributed by atoms with E-state index in [-0.39, 0.29) is 5.43 Å². The Bertz CT molecular complexity index is 1200. The van der Waals surface area contributed by atoms with E-state index in [1.54, 1.807) is 12.5 Å². The highest BCUT2D eigenvalue weighted by molar-refractivity contribution is 5.93. The quantitative estimate of drug-likeness (QED) is 0.370. The molecule has 0 amide bonds. The van der Waals surface area contributed by atoms with Crippen LogP contribution in [-0.4, -0.2) is 14.1 Å². The number of hydrogen-bond acceptors (Lipinski definition) is 2. The van der Waals surface area contributed by atoms with E-state index in [1.807, 2.05) is 65.7 Å². The molecule has 2 aromatic heterocycles. The largest absolute Gasteiger partial charge is 0.343 e. The van der Waals surface area contributed by atoms with Crippen LogP contribution in [0.25, 0.3) is 21.8 Å².